The van der Waals surface area contributed by atoms with Gasteiger partial charge in [-0.2, -0.15) is 0 Å². The standard InChI is InChI=1S/C57H51N3O2/c1-55(2,3)49-34-39(37-17-11-8-12-18-37)33-48(53(49)61)54-60-52-47(32-40(35-51(52)62-54)38-19-13-9-14-20-38)41-29-42(31-46(30-41)57(6,7)43-21-15-10-16-22-43)50-24-23-45(36-59-50)56(4,5)44-25-27-58-28-26-44/h8-36,61H,1-7H3. The number of phenols is 1. The molecule has 0 saturated heterocycles. The van der Waals surface area contributed by atoms with Crippen LogP contribution in [-0.4, -0.2) is 20.1 Å². The Hall–Kier alpha value is -7.11. The highest BCUT2D eigenvalue weighted by molar-refractivity contribution is 5.97. The molecule has 0 fully saturated rings. The van der Waals surface area contributed by atoms with Gasteiger partial charge in [0.15, 0.2) is 5.58 Å². The van der Waals surface area contributed by atoms with Crippen molar-refractivity contribution in [3.63, 3.8) is 0 Å². The lowest BCUT2D eigenvalue weighted by molar-refractivity contribution is 0.446. The molecule has 0 amide bonds. The number of hydrogen-bond donors (Lipinski definition) is 1. The van der Waals surface area contributed by atoms with Crippen LogP contribution in [0.25, 0.3) is 67.2 Å². The molecule has 1 N–H and O–H groups in total. The first-order valence-corrected chi connectivity index (χ1v) is 21.3. The zero-order valence-corrected chi connectivity index (χ0v) is 36.4. The molecule has 306 valence electrons. The number of rotatable bonds is 9. The van der Waals surface area contributed by atoms with E-state index in [1.807, 2.05) is 48.9 Å². The summed E-state index contributed by atoms with van der Waals surface area (Å²) in [6.07, 6.45) is 5.69. The molecule has 0 unspecified atom stereocenters. The summed E-state index contributed by atoms with van der Waals surface area (Å²) in [6, 6.07) is 54.9. The lowest BCUT2D eigenvalue weighted by Crippen LogP contribution is -2.19. The molecule has 9 aromatic rings. The van der Waals surface area contributed by atoms with Crippen LogP contribution in [0.2, 0.25) is 0 Å². The second kappa shape index (κ2) is 15.7. The van der Waals surface area contributed by atoms with Gasteiger partial charge < -0.3 is 9.52 Å². The van der Waals surface area contributed by atoms with Gasteiger partial charge in [0.2, 0.25) is 5.89 Å². The summed E-state index contributed by atoms with van der Waals surface area (Å²) >= 11 is 0. The highest BCUT2D eigenvalue weighted by Crippen LogP contribution is 2.45. The van der Waals surface area contributed by atoms with E-state index in [2.05, 4.69) is 181 Å². The summed E-state index contributed by atoms with van der Waals surface area (Å²) in [4.78, 5) is 14.7. The van der Waals surface area contributed by atoms with Gasteiger partial charge in [0, 0.05) is 46.1 Å². The topological polar surface area (TPSA) is 72.0 Å². The molecule has 0 aliphatic rings. The predicted octanol–water partition coefficient (Wildman–Crippen LogP) is 14.6. The Morgan fingerprint density at radius 2 is 1.03 bits per heavy atom. The molecule has 0 aliphatic heterocycles. The van der Waals surface area contributed by atoms with Crippen LogP contribution in [0.1, 0.15) is 76.3 Å². The van der Waals surface area contributed by atoms with Crippen LogP contribution in [0.15, 0.2) is 181 Å². The molecule has 3 heterocycles. The predicted molar refractivity (Wildman–Crippen MR) is 254 cm³/mol. The first kappa shape index (κ1) is 40.3. The fourth-order valence-electron chi connectivity index (χ4n) is 8.51. The molecule has 9 rings (SSSR count). The van der Waals surface area contributed by atoms with Crippen molar-refractivity contribution in [2.45, 2.75) is 64.7 Å². The minimum atomic E-state index is -0.354. The Morgan fingerprint density at radius 3 is 1.65 bits per heavy atom. The maximum Gasteiger partial charge on any atom is 0.231 e. The molecule has 5 nitrogen and oxygen atoms in total. The monoisotopic (exact) mass is 809 g/mol. The first-order valence-electron chi connectivity index (χ1n) is 21.3. The quantitative estimate of drug-likeness (QED) is 0.157. The lowest BCUT2D eigenvalue weighted by atomic mass is 9.76. The van der Waals surface area contributed by atoms with E-state index in [4.69, 9.17) is 14.4 Å². The molecule has 5 heteroatoms. The van der Waals surface area contributed by atoms with Crippen LogP contribution >= 0.6 is 0 Å². The number of benzene rings is 6. The van der Waals surface area contributed by atoms with Gasteiger partial charge in [-0.15, -0.1) is 0 Å². The number of nitrogens with zero attached hydrogens (tertiary/aromatic N) is 3. The van der Waals surface area contributed by atoms with Gasteiger partial charge in [-0.3, -0.25) is 9.97 Å². The van der Waals surface area contributed by atoms with Crippen molar-refractivity contribution in [2.24, 2.45) is 0 Å². The molecule has 0 spiro atoms. The number of hydrogen-bond acceptors (Lipinski definition) is 5. The smallest absolute Gasteiger partial charge is 0.231 e. The van der Waals surface area contributed by atoms with E-state index < -0.39 is 0 Å². The molecule has 0 bridgehead atoms. The van der Waals surface area contributed by atoms with Crippen molar-refractivity contribution in [1.29, 1.82) is 0 Å². The molecule has 0 aliphatic carbocycles. The van der Waals surface area contributed by atoms with Gasteiger partial charge in [-0.25, -0.2) is 4.98 Å². The molecule has 0 saturated carbocycles. The SMILES string of the molecule is CC(C)(C)c1cc(-c2ccccc2)cc(-c2nc3c(-c4cc(-c5ccc(C(C)(C)c6ccncc6)cn5)cc(C(C)(C)c5ccccc5)c4)cc(-c4ccccc4)cc3o2)c1O. The Kier molecular flexibility index (Phi) is 10.2. The highest BCUT2D eigenvalue weighted by Gasteiger charge is 2.29. The molecule has 6 aromatic carbocycles. The van der Waals surface area contributed by atoms with Gasteiger partial charge in [0.25, 0.3) is 0 Å². The molecule has 3 aromatic heterocycles. The van der Waals surface area contributed by atoms with Crippen LogP contribution in [0.5, 0.6) is 5.75 Å². The Bertz CT molecular complexity index is 3020. The Balaban J connectivity index is 1.27. The second-order valence-electron chi connectivity index (χ2n) is 18.4. The van der Waals surface area contributed by atoms with E-state index in [1.54, 1.807) is 0 Å². The number of aromatic nitrogens is 3. The number of phenolic OH excluding ortho intramolecular Hbond substituents is 1. The van der Waals surface area contributed by atoms with Crippen molar-refractivity contribution < 1.29 is 9.52 Å². The largest absolute Gasteiger partial charge is 0.507 e. The Labute approximate surface area is 364 Å². The fraction of sp³-hybridized carbons (Fsp3) is 0.175. The van der Waals surface area contributed by atoms with E-state index in [0.717, 1.165) is 61.3 Å². The van der Waals surface area contributed by atoms with Crippen LogP contribution in [-0.2, 0) is 16.2 Å². The zero-order chi connectivity index (χ0) is 43.2. The van der Waals surface area contributed by atoms with Gasteiger partial charge in [-0.1, -0.05) is 152 Å². The van der Waals surface area contributed by atoms with Crippen LogP contribution in [0.4, 0.5) is 0 Å². The summed E-state index contributed by atoms with van der Waals surface area (Å²) < 4.78 is 6.79. The van der Waals surface area contributed by atoms with Gasteiger partial charge in [0.05, 0.1) is 11.3 Å². The average molecular weight is 810 g/mol. The maximum atomic E-state index is 12.0. The van der Waals surface area contributed by atoms with Crippen molar-refractivity contribution in [3.8, 4) is 61.8 Å². The minimum Gasteiger partial charge on any atom is -0.507 e. The third kappa shape index (κ3) is 7.60. The summed E-state index contributed by atoms with van der Waals surface area (Å²) in [5.74, 6) is 0.534. The van der Waals surface area contributed by atoms with E-state index in [0.29, 0.717) is 22.6 Å². The van der Waals surface area contributed by atoms with Crippen molar-refractivity contribution in [3.05, 3.63) is 204 Å². The molecule has 62 heavy (non-hydrogen) atoms. The first-order chi connectivity index (χ1) is 29.8. The van der Waals surface area contributed by atoms with Crippen molar-refractivity contribution in [1.82, 2.24) is 15.0 Å². The summed E-state index contributed by atoms with van der Waals surface area (Å²) in [7, 11) is 0. The van der Waals surface area contributed by atoms with Crippen LogP contribution in [0.3, 0.4) is 0 Å². The van der Waals surface area contributed by atoms with E-state index >= 15 is 0 Å². The normalized spacial score (nSPS) is 12.2. The van der Waals surface area contributed by atoms with E-state index in [9.17, 15) is 5.11 Å². The fourth-order valence-corrected chi connectivity index (χ4v) is 8.51. The molecular weight excluding hydrogens is 759 g/mol. The number of oxazole rings is 1. The van der Waals surface area contributed by atoms with Gasteiger partial charge >= 0.3 is 0 Å². The highest BCUT2D eigenvalue weighted by atomic mass is 16.3. The zero-order valence-electron chi connectivity index (χ0n) is 36.4. The second-order valence-corrected chi connectivity index (χ2v) is 18.4. The Morgan fingerprint density at radius 1 is 0.468 bits per heavy atom. The molecule has 0 atom stereocenters. The number of pyridine rings is 2. The van der Waals surface area contributed by atoms with Gasteiger partial charge in [-0.05, 0) is 110 Å². The van der Waals surface area contributed by atoms with Gasteiger partial charge in [0.1, 0.15) is 11.3 Å². The summed E-state index contributed by atoms with van der Waals surface area (Å²) in [5.41, 5.74) is 14.3. The van der Waals surface area contributed by atoms with Crippen LogP contribution in [0, 0.1) is 0 Å². The molecular formula is C57H51N3O2. The lowest BCUT2D eigenvalue weighted by Gasteiger charge is -2.28. The van der Waals surface area contributed by atoms with Crippen LogP contribution < -0.4 is 0 Å². The summed E-state index contributed by atoms with van der Waals surface area (Å²) in [5, 5.41) is 12.0. The van der Waals surface area contributed by atoms with E-state index in [1.165, 1.54) is 11.1 Å². The third-order valence-corrected chi connectivity index (χ3v) is 12.5. The van der Waals surface area contributed by atoms with E-state index in [-0.39, 0.29) is 22.0 Å². The minimum absolute atomic E-state index is 0.170. The number of aromatic hydroxyl groups is 1. The van der Waals surface area contributed by atoms with Crippen molar-refractivity contribution >= 4 is 11.1 Å². The number of fused-ring (bicyclic) bond motifs is 1. The third-order valence-electron chi connectivity index (χ3n) is 12.5. The average Bonchev–Trinajstić information content (AvgIpc) is 3.73. The molecule has 0 radical (unpaired) electrons. The summed E-state index contributed by atoms with van der Waals surface area (Å²) in [6.45, 7) is 15.3. The van der Waals surface area contributed by atoms with Crippen molar-refractivity contribution in [2.75, 3.05) is 0 Å². The maximum absolute atomic E-state index is 12.0.